The smallest absolute Gasteiger partial charge is 0.203 e. The van der Waals surface area contributed by atoms with Gasteiger partial charge < -0.3 is 5.11 Å². The molecule has 1 heterocycles. The maximum absolute atomic E-state index is 9.65. The molecular formula is C16H11Cl2N3OS. The Bertz CT molecular complexity index is 864. The molecule has 0 aliphatic rings. The van der Waals surface area contributed by atoms with Gasteiger partial charge in [0.1, 0.15) is 5.75 Å². The van der Waals surface area contributed by atoms with Crippen molar-refractivity contribution in [3.05, 3.63) is 63.5 Å². The molecule has 2 N–H and O–H groups in total. The van der Waals surface area contributed by atoms with Gasteiger partial charge in [-0.1, -0.05) is 41.4 Å². The lowest BCUT2D eigenvalue weighted by atomic mass is 10.2. The van der Waals surface area contributed by atoms with Gasteiger partial charge >= 0.3 is 0 Å². The van der Waals surface area contributed by atoms with Crippen molar-refractivity contribution >= 4 is 45.9 Å². The van der Waals surface area contributed by atoms with Gasteiger partial charge in [0.25, 0.3) is 0 Å². The van der Waals surface area contributed by atoms with Crippen LogP contribution in [-0.2, 0) is 0 Å². The molecule has 116 valence electrons. The number of thiazole rings is 1. The van der Waals surface area contributed by atoms with Gasteiger partial charge in [-0.3, -0.25) is 5.43 Å². The molecule has 0 bridgehead atoms. The molecule has 1 aromatic heterocycles. The van der Waals surface area contributed by atoms with Crippen LogP contribution in [0.4, 0.5) is 5.13 Å². The number of aromatic hydroxyl groups is 1. The van der Waals surface area contributed by atoms with Crippen molar-refractivity contribution in [2.24, 2.45) is 5.10 Å². The number of para-hydroxylation sites is 1. The maximum atomic E-state index is 9.65. The number of hydrazone groups is 1. The fourth-order valence-corrected chi connectivity index (χ4v) is 2.83. The van der Waals surface area contributed by atoms with E-state index in [1.54, 1.807) is 30.3 Å². The second-order valence-electron chi connectivity index (χ2n) is 4.60. The first-order valence-electron chi connectivity index (χ1n) is 6.61. The lowest BCUT2D eigenvalue weighted by Crippen LogP contribution is -1.90. The van der Waals surface area contributed by atoms with Crippen LogP contribution in [-0.4, -0.2) is 16.3 Å². The summed E-state index contributed by atoms with van der Waals surface area (Å²) in [6.45, 7) is 0. The third-order valence-corrected chi connectivity index (χ3v) is 4.51. The highest BCUT2D eigenvalue weighted by Gasteiger charge is 2.06. The molecule has 0 saturated carbocycles. The molecule has 4 nitrogen and oxygen atoms in total. The molecule has 3 rings (SSSR count). The van der Waals surface area contributed by atoms with Crippen LogP contribution in [0.15, 0.2) is 52.9 Å². The SMILES string of the molecule is Oc1ccccc1/C=N/Nc1nc(-c2ccc(Cl)c(Cl)c2)cs1. The van der Waals surface area contributed by atoms with Crippen molar-refractivity contribution in [2.45, 2.75) is 0 Å². The Balaban J connectivity index is 1.72. The van der Waals surface area contributed by atoms with Crippen molar-refractivity contribution in [3.8, 4) is 17.0 Å². The number of rotatable bonds is 4. The normalized spacial score (nSPS) is 11.0. The van der Waals surface area contributed by atoms with Crippen molar-refractivity contribution in [1.29, 1.82) is 0 Å². The summed E-state index contributed by atoms with van der Waals surface area (Å²) in [4.78, 5) is 4.43. The number of phenols is 1. The van der Waals surface area contributed by atoms with E-state index >= 15 is 0 Å². The molecule has 0 unspecified atom stereocenters. The number of nitrogens with zero attached hydrogens (tertiary/aromatic N) is 2. The van der Waals surface area contributed by atoms with Crippen molar-refractivity contribution in [3.63, 3.8) is 0 Å². The predicted octanol–water partition coefficient (Wildman–Crippen LogP) is 5.27. The summed E-state index contributed by atoms with van der Waals surface area (Å²) in [5.74, 6) is 0.175. The molecule has 0 radical (unpaired) electrons. The Morgan fingerprint density at radius 2 is 1.96 bits per heavy atom. The average Bonchev–Trinajstić information content (AvgIpc) is 3.01. The quantitative estimate of drug-likeness (QED) is 0.490. The van der Waals surface area contributed by atoms with Crippen LogP contribution in [0.1, 0.15) is 5.56 Å². The van der Waals surface area contributed by atoms with E-state index in [0.717, 1.165) is 11.3 Å². The largest absolute Gasteiger partial charge is 0.507 e. The molecular weight excluding hydrogens is 353 g/mol. The molecule has 23 heavy (non-hydrogen) atoms. The van der Waals surface area contributed by atoms with Gasteiger partial charge in [-0.15, -0.1) is 11.3 Å². The summed E-state index contributed by atoms with van der Waals surface area (Å²) in [5, 5.41) is 17.3. The second-order valence-corrected chi connectivity index (χ2v) is 6.27. The van der Waals surface area contributed by atoms with Gasteiger partial charge in [0.15, 0.2) is 0 Å². The van der Waals surface area contributed by atoms with Gasteiger partial charge in [-0.25, -0.2) is 4.98 Å². The highest BCUT2D eigenvalue weighted by Crippen LogP contribution is 2.30. The molecule has 0 spiro atoms. The Morgan fingerprint density at radius 1 is 1.13 bits per heavy atom. The molecule has 0 atom stereocenters. The van der Waals surface area contributed by atoms with E-state index < -0.39 is 0 Å². The highest BCUT2D eigenvalue weighted by molar-refractivity contribution is 7.14. The van der Waals surface area contributed by atoms with Crippen molar-refractivity contribution in [2.75, 3.05) is 5.43 Å². The third-order valence-electron chi connectivity index (χ3n) is 3.02. The van der Waals surface area contributed by atoms with E-state index in [-0.39, 0.29) is 5.75 Å². The van der Waals surface area contributed by atoms with E-state index in [2.05, 4.69) is 15.5 Å². The number of nitrogens with one attached hydrogen (secondary N) is 1. The van der Waals surface area contributed by atoms with Gasteiger partial charge in [-0.05, 0) is 24.3 Å². The van der Waals surface area contributed by atoms with Crippen LogP contribution >= 0.6 is 34.5 Å². The third kappa shape index (κ3) is 3.82. The standard InChI is InChI=1S/C16H11Cl2N3OS/c17-12-6-5-10(7-13(12)18)14-9-23-16(20-14)21-19-8-11-3-1-2-4-15(11)22/h1-9,22H,(H,20,21)/b19-8+. The van der Waals surface area contributed by atoms with Gasteiger partial charge in [-0.2, -0.15) is 5.10 Å². The van der Waals surface area contributed by atoms with Crippen LogP contribution in [0.3, 0.4) is 0 Å². The topological polar surface area (TPSA) is 57.5 Å². The van der Waals surface area contributed by atoms with Crippen LogP contribution < -0.4 is 5.43 Å². The number of aromatic nitrogens is 1. The fourth-order valence-electron chi connectivity index (χ4n) is 1.87. The first-order valence-corrected chi connectivity index (χ1v) is 8.25. The lowest BCUT2D eigenvalue weighted by Gasteiger charge is -1.99. The van der Waals surface area contributed by atoms with E-state index in [9.17, 15) is 5.11 Å². The Morgan fingerprint density at radius 3 is 2.74 bits per heavy atom. The minimum atomic E-state index is 0.175. The molecule has 3 aromatic rings. The molecule has 0 amide bonds. The van der Waals surface area contributed by atoms with Crippen LogP contribution in [0.2, 0.25) is 10.0 Å². The summed E-state index contributed by atoms with van der Waals surface area (Å²) >= 11 is 13.3. The van der Waals surface area contributed by atoms with E-state index in [0.29, 0.717) is 20.7 Å². The zero-order valence-corrected chi connectivity index (χ0v) is 14.0. The van der Waals surface area contributed by atoms with Gasteiger partial charge in [0.2, 0.25) is 5.13 Å². The van der Waals surface area contributed by atoms with Crippen LogP contribution in [0, 0.1) is 0 Å². The maximum Gasteiger partial charge on any atom is 0.203 e. The second kappa shape index (κ2) is 7.00. The van der Waals surface area contributed by atoms with Gasteiger partial charge in [0.05, 0.1) is 22.0 Å². The minimum Gasteiger partial charge on any atom is -0.507 e. The summed E-state index contributed by atoms with van der Waals surface area (Å²) in [7, 11) is 0. The molecule has 0 aliphatic carbocycles. The summed E-state index contributed by atoms with van der Waals surface area (Å²) in [6, 6.07) is 12.3. The highest BCUT2D eigenvalue weighted by atomic mass is 35.5. The zero-order valence-electron chi connectivity index (χ0n) is 11.7. The van der Waals surface area contributed by atoms with Crippen LogP contribution in [0.25, 0.3) is 11.3 Å². The molecule has 0 saturated heterocycles. The Labute approximate surface area is 147 Å². The molecule has 0 fully saturated rings. The Kier molecular flexibility index (Phi) is 4.81. The molecule has 0 aliphatic heterocycles. The Hall–Kier alpha value is -2.08. The van der Waals surface area contributed by atoms with Gasteiger partial charge in [0, 0.05) is 16.5 Å². The summed E-state index contributed by atoms with van der Waals surface area (Å²) < 4.78 is 0. The van der Waals surface area contributed by atoms with Crippen LogP contribution in [0.5, 0.6) is 5.75 Å². The fraction of sp³-hybridized carbons (Fsp3) is 0. The molecule has 7 heteroatoms. The zero-order chi connectivity index (χ0) is 16.2. The summed E-state index contributed by atoms with van der Waals surface area (Å²) in [6.07, 6.45) is 1.54. The van der Waals surface area contributed by atoms with E-state index in [1.807, 2.05) is 17.5 Å². The number of benzene rings is 2. The predicted molar refractivity (Wildman–Crippen MR) is 96.9 cm³/mol. The lowest BCUT2D eigenvalue weighted by molar-refractivity contribution is 0.474. The van der Waals surface area contributed by atoms with Crippen molar-refractivity contribution < 1.29 is 5.11 Å². The number of phenolic OH excluding ortho intramolecular Hbond substituents is 1. The van der Waals surface area contributed by atoms with Crippen molar-refractivity contribution in [1.82, 2.24) is 4.98 Å². The monoisotopic (exact) mass is 363 g/mol. The van der Waals surface area contributed by atoms with E-state index in [4.69, 9.17) is 23.2 Å². The number of hydrogen-bond acceptors (Lipinski definition) is 5. The average molecular weight is 364 g/mol. The molecule has 2 aromatic carbocycles. The number of anilines is 1. The number of hydrogen-bond donors (Lipinski definition) is 2. The first-order chi connectivity index (χ1) is 11.1. The van der Waals surface area contributed by atoms with E-state index in [1.165, 1.54) is 17.6 Å². The minimum absolute atomic E-state index is 0.175. The summed E-state index contributed by atoms with van der Waals surface area (Å²) in [5.41, 5.74) is 5.14. The number of halogens is 2. The first kappa shape index (κ1) is 15.8.